The zero-order valence-corrected chi connectivity index (χ0v) is 9.97. The van der Waals surface area contributed by atoms with Gasteiger partial charge in [0.2, 0.25) is 5.91 Å². The molecule has 96 valence electrons. The third kappa shape index (κ3) is 2.10. The summed E-state index contributed by atoms with van der Waals surface area (Å²) in [5.74, 6) is -0.252. The molecule has 3 rings (SSSR count). The highest BCUT2D eigenvalue weighted by Gasteiger charge is 2.49. The first-order chi connectivity index (χ1) is 8.74. The van der Waals surface area contributed by atoms with Crippen molar-refractivity contribution in [2.24, 2.45) is 5.92 Å². The molecule has 0 spiro atoms. The summed E-state index contributed by atoms with van der Waals surface area (Å²) < 4.78 is 13.6. The summed E-state index contributed by atoms with van der Waals surface area (Å²) in [6.45, 7) is 0.444. The van der Waals surface area contributed by atoms with E-state index >= 15 is 0 Å². The Kier molecular flexibility index (Phi) is 2.99. The van der Waals surface area contributed by atoms with Gasteiger partial charge in [-0.1, -0.05) is 6.07 Å². The van der Waals surface area contributed by atoms with Gasteiger partial charge in [0.25, 0.3) is 0 Å². The fraction of sp³-hybridized carbons (Fsp3) is 0.538. The van der Waals surface area contributed by atoms with Crippen molar-refractivity contribution >= 4 is 5.91 Å². The number of pyridine rings is 1. The maximum Gasteiger partial charge on any atom is 0.237 e. The van der Waals surface area contributed by atoms with E-state index < -0.39 is 6.17 Å². The third-order valence-electron chi connectivity index (χ3n) is 3.85. The van der Waals surface area contributed by atoms with Gasteiger partial charge in [-0.3, -0.25) is 9.78 Å². The van der Waals surface area contributed by atoms with Crippen LogP contribution in [0.25, 0.3) is 0 Å². The van der Waals surface area contributed by atoms with Crippen LogP contribution in [0.3, 0.4) is 0 Å². The van der Waals surface area contributed by atoms with Crippen LogP contribution in [-0.4, -0.2) is 29.1 Å². The molecule has 0 radical (unpaired) electrons. The minimum Gasteiger partial charge on any atom is -0.351 e. The van der Waals surface area contributed by atoms with E-state index in [0.717, 1.165) is 12.0 Å². The molecule has 2 fully saturated rings. The number of carbonyl (C=O) groups excluding carboxylic acids is 1. The van der Waals surface area contributed by atoms with Crippen LogP contribution in [-0.2, 0) is 11.3 Å². The van der Waals surface area contributed by atoms with E-state index in [2.05, 4.69) is 15.6 Å². The molecule has 1 aliphatic heterocycles. The zero-order chi connectivity index (χ0) is 12.5. The number of hydrogen-bond acceptors (Lipinski definition) is 3. The molecule has 18 heavy (non-hydrogen) atoms. The monoisotopic (exact) mass is 249 g/mol. The van der Waals surface area contributed by atoms with Crippen molar-refractivity contribution in [3.05, 3.63) is 30.1 Å². The van der Waals surface area contributed by atoms with Gasteiger partial charge in [0.1, 0.15) is 6.17 Å². The van der Waals surface area contributed by atoms with Crippen LogP contribution < -0.4 is 10.6 Å². The Morgan fingerprint density at radius 1 is 1.56 bits per heavy atom. The molecule has 1 saturated heterocycles. The van der Waals surface area contributed by atoms with Gasteiger partial charge >= 0.3 is 0 Å². The van der Waals surface area contributed by atoms with Gasteiger partial charge in [-0.05, 0) is 24.5 Å². The van der Waals surface area contributed by atoms with Crippen molar-refractivity contribution in [2.45, 2.75) is 37.6 Å². The summed E-state index contributed by atoms with van der Waals surface area (Å²) in [6, 6.07) is 3.54. The summed E-state index contributed by atoms with van der Waals surface area (Å²) in [6.07, 6.45) is 3.91. The molecule has 2 heterocycles. The molecule has 0 aromatic carbocycles. The fourth-order valence-electron chi connectivity index (χ4n) is 2.95. The van der Waals surface area contributed by atoms with E-state index in [4.69, 9.17) is 0 Å². The highest BCUT2D eigenvalue weighted by Crippen LogP contribution is 2.37. The van der Waals surface area contributed by atoms with E-state index in [-0.39, 0.29) is 23.9 Å². The summed E-state index contributed by atoms with van der Waals surface area (Å²) in [5, 5.41) is 6.03. The quantitative estimate of drug-likeness (QED) is 0.832. The molecule has 2 bridgehead atoms. The number of nitrogens with one attached hydrogen (secondary N) is 2. The summed E-state index contributed by atoms with van der Waals surface area (Å²) in [7, 11) is 0. The smallest absolute Gasteiger partial charge is 0.237 e. The first-order valence-electron chi connectivity index (χ1n) is 6.31. The third-order valence-corrected chi connectivity index (χ3v) is 3.85. The van der Waals surface area contributed by atoms with Crippen molar-refractivity contribution in [3.8, 4) is 0 Å². The SMILES string of the molecule is O=C(NCc1cccnc1)[C@H]1NC2CC1[C@@H](F)C2. The average molecular weight is 249 g/mol. The Morgan fingerprint density at radius 2 is 2.44 bits per heavy atom. The lowest BCUT2D eigenvalue weighted by molar-refractivity contribution is -0.124. The Labute approximate surface area is 105 Å². The normalized spacial score (nSPS) is 33.6. The predicted molar refractivity (Wildman–Crippen MR) is 64.4 cm³/mol. The number of fused-ring (bicyclic) bond motifs is 2. The maximum absolute atomic E-state index is 13.6. The molecule has 1 amide bonds. The largest absolute Gasteiger partial charge is 0.351 e. The van der Waals surface area contributed by atoms with Crippen molar-refractivity contribution < 1.29 is 9.18 Å². The average Bonchev–Trinajstić information content (AvgIpc) is 2.96. The molecular weight excluding hydrogens is 233 g/mol. The first kappa shape index (κ1) is 11.6. The number of alkyl halides is 1. The van der Waals surface area contributed by atoms with Crippen LogP contribution in [0.5, 0.6) is 0 Å². The summed E-state index contributed by atoms with van der Waals surface area (Å²) in [4.78, 5) is 16.0. The Bertz CT molecular complexity index is 439. The van der Waals surface area contributed by atoms with Crippen LogP contribution in [0.15, 0.2) is 24.5 Å². The highest BCUT2D eigenvalue weighted by molar-refractivity contribution is 5.82. The maximum atomic E-state index is 13.6. The van der Waals surface area contributed by atoms with Crippen LogP contribution in [0.1, 0.15) is 18.4 Å². The molecule has 1 aliphatic carbocycles. The van der Waals surface area contributed by atoms with E-state index in [1.807, 2.05) is 12.1 Å². The lowest BCUT2D eigenvalue weighted by atomic mass is 9.97. The van der Waals surface area contributed by atoms with Crippen LogP contribution in [0.2, 0.25) is 0 Å². The van der Waals surface area contributed by atoms with Gasteiger partial charge in [0.15, 0.2) is 0 Å². The minimum atomic E-state index is -0.828. The van der Waals surface area contributed by atoms with Crippen molar-refractivity contribution in [1.29, 1.82) is 0 Å². The molecule has 1 saturated carbocycles. The lowest BCUT2D eigenvalue weighted by Gasteiger charge is -2.25. The molecule has 1 aromatic rings. The fourth-order valence-corrected chi connectivity index (χ4v) is 2.95. The lowest BCUT2D eigenvalue weighted by Crippen LogP contribution is -2.50. The number of piperidine rings is 1. The number of aromatic nitrogens is 1. The van der Waals surface area contributed by atoms with Crippen molar-refractivity contribution in [1.82, 2.24) is 15.6 Å². The molecule has 5 heteroatoms. The van der Waals surface area contributed by atoms with Crippen molar-refractivity contribution in [3.63, 3.8) is 0 Å². The van der Waals surface area contributed by atoms with Crippen LogP contribution in [0.4, 0.5) is 4.39 Å². The molecule has 2 aliphatic rings. The second-order valence-electron chi connectivity index (χ2n) is 5.07. The number of halogens is 1. The minimum absolute atomic E-state index is 0.103. The van der Waals surface area contributed by atoms with Gasteiger partial charge in [-0.2, -0.15) is 0 Å². The molecule has 2 N–H and O–H groups in total. The van der Waals surface area contributed by atoms with Gasteiger partial charge in [-0.25, -0.2) is 4.39 Å². The number of hydrogen-bond donors (Lipinski definition) is 2. The predicted octanol–water partition coefficient (Wildman–Crippen LogP) is 0.786. The van der Waals surface area contributed by atoms with E-state index in [0.29, 0.717) is 13.0 Å². The zero-order valence-electron chi connectivity index (χ0n) is 9.97. The second kappa shape index (κ2) is 4.65. The second-order valence-corrected chi connectivity index (χ2v) is 5.07. The summed E-state index contributed by atoms with van der Waals surface area (Å²) >= 11 is 0. The number of carbonyl (C=O) groups is 1. The van der Waals surface area contributed by atoms with Crippen LogP contribution in [0, 0.1) is 5.92 Å². The van der Waals surface area contributed by atoms with E-state index in [9.17, 15) is 9.18 Å². The molecular formula is C13H16FN3O. The van der Waals surface area contributed by atoms with Crippen LogP contribution >= 0.6 is 0 Å². The van der Waals surface area contributed by atoms with Gasteiger partial charge in [0, 0.05) is 30.9 Å². The molecule has 4 nitrogen and oxygen atoms in total. The topological polar surface area (TPSA) is 54.0 Å². The standard InChI is InChI=1S/C13H16FN3O/c14-11-5-9-4-10(11)12(17-9)13(18)16-7-8-2-1-3-15-6-8/h1-3,6,9-12,17H,4-5,7H2,(H,16,18)/t9?,10?,11-,12-/m0/s1. The van der Waals surface area contributed by atoms with Gasteiger partial charge < -0.3 is 10.6 Å². The van der Waals surface area contributed by atoms with E-state index in [1.165, 1.54) is 0 Å². The van der Waals surface area contributed by atoms with Crippen molar-refractivity contribution in [2.75, 3.05) is 0 Å². The highest BCUT2D eigenvalue weighted by atomic mass is 19.1. The van der Waals surface area contributed by atoms with Gasteiger partial charge in [-0.15, -0.1) is 0 Å². The molecule has 1 aromatic heterocycles. The number of amides is 1. The first-order valence-corrected chi connectivity index (χ1v) is 6.31. The Hall–Kier alpha value is -1.49. The molecule has 2 unspecified atom stereocenters. The summed E-state index contributed by atoms with van der Waals surface area (Å²) in [5.41, 5.74) is 0.950. The number of rotatable bonds is 3. The Balaban J connectivity index is 1.56. The van der Waals surface area contributed by atoms with Gasteiger partial charge in [0.05, 0.1) is 6.04 Å². The molecule has 4 atom stereocenters. The Morgan fingerprint density at radius 3 is 3.11 bits per heavy atom. The van der Waals surface area contributed by atoms with E-state index in [1.54, 1.807) is 12.4 Å². The number of nitrogens with zero attached hydrogens (tertiary/aromatic N) is 1.